The molecule has 1 aliphatic carbocycles. The highest BCUT2D eigenvalue weighted by molar-refractivity contribution is 5.81. The maximum Gasteiger partial charge on any atom is 0.137 e. The molecular formula is C15H29NO2. The molecule has 3 unspecified atom stereocenters. The first-order chi connectivity index (χ1) is 8.52. The lowest BCUT2D eigenvalue weighted by Crippen LogP contribution is -2.35. The number of carbonyl (C=O) groups is 1. The van der Waals surface area contributed by atoms with E-state index in [0.717, 1.165) is 44.7 Å². The van der Waals surface area contributed by atoms with Crippen molar-refractivity contribution in [3.63, 3.8) is 0 Å². The van der Waals surface area contributed by atoms with Crippen LogP contribution in [-0.2, 0) is 4.79 Å². The molecule has 0 amide bonds. The fraction of sp³-hybridized carbons (Fsp3) is 0.933. The van der Waals surface area contributed by atoms with Gasteiger partial charge in [0.25, 0.3) is 0 Å². The molecule has 0 aromatic rings. The first kappa shape index (κ1) is 15.6. The molecule has 0 aliphatic heterocycles. The summed E-state index contributed by atoms with van der Waals surface area (Å²) >= 11 is 0. The fourth-order valence-corrected chi connectivity index (χ4v) is 2.92. The Morgan fingerprint density at radius 3 is 2.83 bits per heavy atom. The van der Waals surface area contributed by atoms with Crippen molar-refractivity contribution in [2.24, 2.45) is 11.8 Å². The third-order valence-corrected chi connectivity index (χ3v) is 4.03. The van der Waals surface area contributed by atoms with Crippen LogP contribution >= 0.6 is 0 Å². The number of aliphatic hydroxyl groups excluding tert-OH is 1. The summed E-state index contributed by atoms with van der Waals surface area (Å²) in [6.07, 6.45) is 5.98. The van der Waals surface area contributed by atoms with Crippen molar-refractivity contribution in [3.05, 3.63) is 0 Å². The Morgan fingerprint density at radius 1 is 1.50 bits per heavy atom. The number of hydrogen-bond donors (Lipinski definition) is 1. The predicted octanol–water partition coefficient (Wildman–Crippen LogP) is 2.47. The Labute approximate surface area is 112 Å². The van der Waals surface area contributed by atoms with Gasteiger partial charge in [-0.2, -0.15) is 0 Å². The van der Waals surface area contributed by atoms with Crippen LogP contribution in [0.3, 0.4) is 0 Å². The highest BCUT2D eigenvalue weighted by Crippen LogP contribution is 2.30. The predicted molar refractivity (Wildman–Crippen MR) is 74.5 cm³/mol. The van der Waals surface area contributed by atoms with Crippen LogP contribution in [-0.4, -0.2) is 42.0 Å². The van der Waals surface area contributed by atoms with Crippen LogP contribution in [0.5, 0.6) is 0 Å². The number of ketones is 1. The van der Waals surface area contributed by atoms with Gasteiger partial charge in [0.15, 0.2) is 0 Å². The lowest BCUT2D eigenvalue weighted by atomic mass is 9.78. The number of nitrogens with zero attached hydrogens (tertiary/aromatic N) is 1. The van der Waals surface area contributed by atoms with Gasteiger partial charge in [0, 0.05) is 25.4 Å². The van der Waals surface area contributed by atoms with Crippen LogP contribution in [0.15, 0.2) is 0 Å². The second-order valence-corrected chi connectivity index (χ2v) is 5.99. The zero-order valence-corrected chi connectivity index (χ0v) is 12.2. The maximum absolute atomic E-state index is 11.9. The molecule has 1 aliphatic rings. The van der Waals surface area contributed by atoms with Crippen molar-refractivity contribution >= 4 is 5.78 Å². The second-order valence-electron chi connectivity index (χ2n) is 5.99. The Kier molecular flexibility index (Phi) is 6.87. The quantitative estimate of drug-likeness (QED) is 0.760. The SMILES string of the molecule is CCCC1CCC(=O)C(CN(C)CCC(C)O)C1. The molecule has 3 heteroatoms. The zero-order valence-electron chi connectivity index (χ0n) is 12.2. The van der Waals surface area contributed by atoms with E-state index in [1.54, 1.807) is 0 Å². The Morgan fingerprint density at radius 2 is 2.22 bits per heavy atom. The molecule has 0 heterocycles. The third-order valence-electron chi connectivity index (χ3n) is 4.03. The van der Waals surface area contributed by atoms with Crippen LogP contribution in [0.4, 0.5) is 0 Å². The molecule has 3 atom stereocenters. The van der Waals surface area contributed by atoms with Gasteiger partial charge in [-0.3, -0.25) is 4.79 Å². The molecule has 1 fully saturated rings. The molecular weight excluding hydrogens is 226 g/mol. The summed E-state index contributed by atoms with van der Waals surface area (Å²) in [6, 6.07) is 0. The zero-order chi connectivity index (χ0) is 13.5. The van der Waals surface area contributed by atoms with Crippen molar-refractivity contribution < 1.29 is 9.90 Å². The average molecular weight is 255 g/mol. The summed E-state index contributed by atoms with van der Waals surface area (Å²) in [5, 5.41) is 9.28. The van der Waals surface area contributed by atoms with E-state index in [1.165, 1.54) is 12.8 Å². The van der Waals surface area contributed by atoms with Gasteiger partial charge in [0.2, 0.25) is 0 Å². The van der Waals surface area contributed by atoms with Crippen molar-refractivity contribution in [1.82, 2.24) is 4.90 Å². The molecule has 0 saturated heterocycles. The molecule has 106 valence electrons. The van der Waals surface area contributed by atoms with Crippen LogP contribution in [0.2, 0.25) is 0 Å². The van der Waals surface area contributed by atoms with Crippen molar-refractivity contribution in [1.29, 1.82) is 0 Å². The molecule has 0 bridgehead atoms. The smallest absolute Gasteiger partial charge is 0.137 e. The Hall–Kier alpha value is -0.410. The molecule has 1 N–H and O–H groups in total. The Bertz CT molecular complexity index is 253. The topological polar surface area (TPSA) is 40.5 Å². The monoisotopic (exact) mass is 255 g/mol. The standard InChI is InChI=1S/C15H29NO2/c1-4-5-13-6-7-15(18)14(10-13)11-16(3)9-8-12(2)17/h12-14,17H,4-11H2,1-3H3. The maximum atomic E-state index is 11.9. The first-order valence-electron chi connectivity index (χ1n) is 7.42. The molecule has 0 aromatic carbocycles. The van der Waals surface area contributed by atoms with E-state index in [2.05, 4.69) is 18.9 Å². The van der Waals surface area contributed by atoms with Crippen LogP contribution in [0.1, 0.15) is 52.4 Å². The van der Waals surface area contributed by atoms with Crippen LogP contribution < -0.4 is 0 Å². The van der Waals surface area contributed by atoms with Crippen molar-refractivity contribution in [2.45, 2.75) is 58.5 Å². The summed E-state index contributed by atoms with van der Waals surface area (Å²) in [6.45, 7) is 5.78. The van der Waals surface area contributed by atoms with Gasteiger partial charge in [0.05, 0.1) is 6.10 Å². The summed E-state index contributed by atoms with van der Waals surface area (Å²) < 4.78 is 0. The summed E-state index contributed by atoms with van der Waals surface area (Å²) in [5.41, 5.74) is 0. The minimum absolute atomic E-state index is 0.231. The van der Waals surface area contributed by atoms with E-state index in [4.69, 9.17) is 0 Å². The average Bonchev–Trinajstić information content (AvgIpc) is 2.31. The number of rotatable bonds is 7. The fourth-order valence-electron chi connectivity index (χ4n) is 2.92. The highest BCUT2D eigenvalue weighted by atomic mass is 16.3. The summed E-state index contributed by atoms with van der Waals surface area (Å²) in [5.74, 6) is 1.43. The van der Waals surface area contributed by atoms with Crippen molar-refractivity contribution in [2.75, 3.05) is 20.1 Å². The lowest BCUT2D eigenvalue weighted by molar-refractivity contribution is -0.126. The van der Waals surface area contributed by atoms with E-state index in [0.29, 0.717) is 5.78 Å². The van der Waals surface area contributed by atoms with E-state index in [9.17, 15) is 9.90 Å². The van der Waals surface area contributed by atoms with Gasteiger partial charge in [-0.25, -0.2) is 0 Å². The van der Waals surface area contributed by atoms with Gasteiger partial charge in [-0.05, 0) is 39.2 Å². The third kappa shape index (κ3) is 5.49. The minimum atomic E-state index is -0.248. The Balaban J connectivity index is 2.35. The number of Topliss-reactive ketones (excluding diaryl/α,β-unsaturated/α-hetero) is 1. The lowest BCUT2D eigenvalue weighted by Gasteiger charge is -2.31. The van der Waals surface area contributed by atoms with Gasteiger partial charge >= 0.3 is 0 Å². The normalized spacial score (nSPS) is 26.6. The second kappa shape index (κ2) is 7.90. The highest BCUT2D eigenvalue weighted by Gasteiger charge is 2.28. The van der Waals surface area contributed by atoms with Gasteiger partial charge in [-0.1, -0.05) is 19.8 Å². The minimum Gasteiger partial charge on any atom is -0.393 e. The molecule has 0 spiro atoms. The first-order valence-corrected chi connectivity index (χ1v) is 7.42. The van der Waals surface area contributed by atoms with Crippen molar-refractivity contribution in [3.8, 4) is 0 Å². The van der Waals surface area contributed by atoms with E-state index >= 15 is 0 Å². The van der Waals surface area contributed by atoms with E-state index < -0.39 is 0 Å². The van der Waals surface area contributed by atoms with Crippen LogP contribution in [0, 0.1) is 11.8 Å². The molecule has 1 saturated carbocycles. The van der Waals surface area contributed by atoms with Gasteiger partial charge in [0.1, 0.15) is 5.78 Å². The molecule has 1 rings (SSSR count). The summed E-state index contributed by atoms with van der Waals surface area (Å²) in [4.78, 5) is 14.1. The van der Waals surface area contributed by atoms with E-state index in [1.807, 2.05) is 6.92 Å². The summed E-state index contributed by atoms with van der Waals surface area (Å²) in [7, 11) is 2.05. The van der Waals surface area contributed by atoms with Gasteiger partial charge < -0.3 is 10.0 Å². The molecule has 0 radical (unpaired) electrons. The van der Waals surface area contributed by atoms with Gasteiger partial charge in [-0.15, -0.1) is 0 Å². The molecule has 3 nitrogen and oxygen atoms in total. The molecule has 0 aromatic heterocycles. The largest absolute Gasteiger partial charge is 0.393 e. The van der Waals surface area contributed by atoms with E-state index in [-0.39, 0.29) is 12.0 Å². The number of aliphatic hydroxyl groups is 1. The van der Waals surface area contributed by atoms with Crippen LogP contribution in [0.25, 0.3) is 0 Å². The number of hydrogen-bond acceptors (Lipinski definition) is 3. The molecule has 18 heavy (non-hydrogen) atoms. The number of carbonyl (C=O) groups excluding carboxylic acids is 1.